The Bertz CT molecular complexity index is 1820. The van der Waals surface area contributed by atoms with E-state index < -0.39 is 30.0 Å². The van der Waals surface area contributed by atoms with Crippen LogP contribution in [0.1, 0.15) is 31.5 Å². The number of phenolic OH excluding ortho intramolecular Hbond substituents is 1. The molecule has 1 saturated heterocycles. The van der Waals surface area contributed by atoms with Crippen LogP contribution in [-0.2, 0) is 4.79 Å². The molecule has 1 aliphatic heterocycles. The highest BCUT2D eigenvalue weighted by Crippen LogP contribution is 2.43. The van der Waals surface area contributed by atoms with Crippen LogP contribution in [0.25, 0.3) is 32.9 Å². The van der Waals surface area contributed by atoms with Gasteiger partial charge in [-0.15, -0.1) is 6.42 Å². The molecule has 0 saturated carbocycles. The van der Waals surface area contributed by atoms with E-state index in [1.165, 1.54) is 31.4 Å². The van der Waals surface area contributed by atoms with Crippen molar-refractivity contribution in [1.82, 2.24) is 19.9 Å². The topological polar surface area (TPSA) is 91.7 Å². The van der Waals surface area contributed by atoms with Gasteiger partial charge in [0, 0.05) is 36.1 Å². The van der Waals surface area contributed by atoms with E-state index >= 15 is 0 Å². The molecule has 1 N–H and O–H groups in total. The van der Waals surface area contributed by atoms with Crippen LogP contribution in [0.15, 0.2) is 24.3 Å². The maximum Gasteiger partial charge on any atom is 0.471 e. The molecule has 2 aromatic heterocycles. The Balaban J connectivity index is 1.72. The molecule has 1 aliphatic rings. The number of rotatable bonds is 4. The Morgan fingerprint density at radius 1 is 1.21 bits per heavy atom. The van der Waals surface area contributed by atoms with Crippen LogP contribution in [0.2, 0.25) is 5.02 Å². The van der Waals surface area contributed by atoms with Crippen molar-refractivity contribution in [3.05, 3.63) is 46.4 Å². The van der Waals surface area contributed by atoms with Crippen molar-refractivity contribution in [3.63, 3.8) is 0 Å². The predicted octanol–water partition coefficient (Wildman–Crippen LogP) is 6.02. The first-order valence-corrected chi connectivity index (χ1v) is 13.7. The Labute approximate surface area is 249 Å². The molecule has 5 rings (SSSR count). The van der Waals surface area contributed by atoms with Gasteiger partial charge in [-0.1, -0.05) is 30.5 Å². The number of hydrogen-bond acceptors (Lipinski definition) is 7. The van der Waals surface area contributed by atoms with Gasteiger partial charge in [0.05, 0.1) is 34.5 Å². The van der Waals surface area contributed by atoms with E-state index in [1.807, 2.05) is 0 Å². The van der Waals surface area contributed by atoms with Gasteiger partial charge < -0.3 is 19.6 Å². The number of ether oxygens (including phenoxy) is 1. The number of alkyl halides is 3. The summed E-state index contributed by atoms with van der Waals surface area (Å²) in [5.74, 6) is 0.0401. The SMILES string of the molecule is C#Cc1c(F)ccc2cc(O)cc(-c3nc(C)c4c(N5CC(C)N(C(=O)C(F)(F)F)C(CC)C5)nc(OC)nc4c3Cl)c12. The number of carbonyl (C=O) groups excluding carboxylic acids is 1. The van der Waals surface area contributed by atoms with Gasteiger partial charge in [0.1, 0.15) is 22.9 Å². The zero-order valence-electron chi connectivity index (χ0n) is 23.6. The first-order chi connectivity index (χ1) is 20.3. The summed E-state index contributed by atoms with van der Waals surface area (Å²) in [7, 11) is 1.36. The van der Waals surface area contributed by atoms with E-state index in [4.69, 9.17) is 27.7 Å². The fourth-order valence-electron chi connectivity index (χ4n) is 5.75. The Morgan fingerprint density at radius 2 is 1.93 bits per heavy atom. The molecule has 3 heterocycles. The number of pyridine rings is 1. The van der Waals surface area contributed by atoms with Gasteiger partial charge in [-0.2, -0.15) is 23.1 Å². The van der Waals surface area contributed by atoms with Gasteiger partial charge in [-0.3, -0.25) is 9.78 Å². The fourth-order valence-corrected chi connectivity index (χ4v) is 6.03. The van der Waals surface area contributed by atoms with Crippen LogP contribution in [-0.4, -0.2) is 69.3 Å². The summed E-state index contributed by atoms with van der Waals surface area (Å²) in [6.07, 6.45) is 0.916. The van der Waals surface area contributed by atoms with Crippen LogP contribution in [0.3, 0.4) is 0 Å². The molecule has 1 fully saturated rings. The highest BCUT2D eigenvalue weighted by Gasteiger charge is 2.48. The number of anilines is 1. The summed E-state index contributed by atoms with van der Waals surface area (Å²) < 4.78 is 60.3. The lowest BCUT2D eigenvalue weighted by Gasteiger charge is -2.46. The van der Waals surface area contributed by atoms with Crippen LogP contribution in [0.5, 0.6) is 11.8 Å². The van der Waals surface area contributed by atoms with E-state index in [9.17, 15) is 27.5 Å². The number of hydrogen-bond donors (Lipinski definition) is 1. The smallest absolute Gasteiger partial charge is 0.471 e. The fraction of sp³-hybridized carbons (Fsp3) is 0.333. The average molecular weight is 616 g/mol. The van der Waals surface area contributed by atoms with Gasteiger partial charge in [0.2, 0.25) is 0 Å². The van der Waals surface area contributed by atoms with E-state index in [1.54, 1.807) is 25.7 Å². The molecule has 43 heavy (non-hydrogen) atoms. The number of terminal acetylenes is 1. The number of benzene rings is 2. The first-order valence-electron chi connectivity index (χ1n) is 13.3. The number of aromatic hydroxyl groups is 1. The number of aromatic nitrogens is 3. The molecule has 2 aromatic carbocycles. The number of fused-ring (bicyclic) bond motifs is 2. The molecule has 0 radical (unpaired) electrons. The summed E-state index contributed by atoms with van der Waals surface area (Å²) in [4.78, 5) is 28.6. The normalized spacial score (nSPS) is 17.4. The Hall–Kier alpha value is -4.37. The lowest BCUT2D eigenvalue weighted by molar-refractivity contribution is -0.190. The summed E-state index contributed by atoms with van der Waals surface area (Å²) >= 11 is 6.94. The third-order valence-corrected chi connectivity index (χ3v) is 7.95. The summed E-state index contributed by atoms with van der Waals surface area (Å²) in [5, 5.41) is 11.7. The monoisotopic (exact) mass is 615 g/mol. The number of piperazine rings is 1. The molecule has 224 valence electrons. The number of carbonyl (C=O) groups is 1. The minimum atomic E-state index is -5.00. The van der Waals surface area contributed by atoms with E-state index in [-0.39, 0.29) is 58.6 Å². The number of halogens is 5. The molecule has 4 aromatic rings. The van der Waals surface area contributed by atoms with Gasteiger partial charge in [-0.25, -0.2) is 4.39 Å². The predicted molar refractivity (Wildman–Crippen MR) is 155 cm³/mol. The highest BCUT2D eigenvalue weighted by atomic mass is 35.5. The number of amides is 1. The van der Waals surface area contributed by atoms with Crippen molar-refractivity contribution in [2.75, 3.05) is 25.1 Å². The van der Waals surface area contributed by atoms with Gasteiger partial charge in [0.15, 0.2) is 0 Å². The standard InChI is InChI=1S/C30H26ClF4N5O3/c1-6-17-13-39(12-14(3)40(17)28(42)30(33,34)35)27-22-15(4)36-25(24(31)26(22)37-29(38-27)43-5)20-11-18(41)10-16-8-9-21(32)19(7-2)23(16)20/h2,8-11,14,17,41H,6,12-13H2,1,3-5H3. The van der Waals surface area contributed by atoms with Crippen LogP contribution in [0, 0.1) is 25.1 Å². The average Bonchev–Trinajstić information content (AvgIpc) is 2.96. The molecular formula is C30H26ClF4N5O3. The molecule has 13 heteroatoms. The number of nitrogens with zero attached hydrogens (tertiary/aromatic N) is 5. The molecule has 0 bridgehead atoms. The number of aryl methyl sites for hydroxylation is 1. The summed E-state index contributed by atoms with van der Waals surface area (Å²) in [6, 6.07) is 3.89. The van der Waals surface area contributed by atoms with E-state index in [2.05, 4.69) is 15.9 Å². The third-order valence-electron chi connectivity index (χ3n) is 7.59. The number of methoxy groups -OCH3 is 1. The molecule has 8 nitrogen and oxygen atoms in total. The Kier molecular flexibility index (Phi) is 7.73. The van der Waals surface area contributed by atoms with E-state index in [0.717, 1.165) is 4.90 Å². The van der Waals surface area contributed by atoms with Crippen molar-refractivity contribution in [2.24, 2.45) is 0 Å². The van der Waals surface area contributed by atoms with Gasteiger partial charge >= 0.3 is 18.1 Å². The quantitative estimate of drug-likeness (QED) is 0.222. The second kappa shape index (κ2) is 11.0. The van der Waals surface area contributed by atoms with Crippen molar-refractivity contribution < 1.29 is 32.2 Å². The van der Waals surface area contributed by atoms with Crippen molar-refractivity contribution in [3.8, 4) is 35.4 Å². The second-order valence-electron chi connectivity index (χ2n) is 10.3. The first kappa shape index (κ1) is 30.1. The summed E-state index contributed by atoms with van der Waals surface area (Å²) in [5.41, 5.74) is 1.03. The van der Waals surface area contributed by atoms with Gasteiger partial charge in [0.25, 0.3) is 0 Å². The molecule has 1 amide bonds. The molecule has 0 spiro atoms. The van der Waals surface area contributed by atoms with Crippen LogP contribution < -0.4 is 9.64 Å². The minimum Gasteiger partial charge on any atom is -0.508 e. The van der Waals surface area contributed by atoms with Gasteiger partial charge in [-0.05, 0) is 43.9 Å². The van der Waals surface area contributed by atoms with E-state index in [0.29, 0.717) is 27.7 Å². The third kappa shape index (κ3) is 5.12. The molecule has 2 atom stereocenters. The maximum absolute atomic E-state index is 14.8. The number of phenols is 1. The van der Waals surface area contributed by atoms with Crippen molar-refractivity contribution in [2.45, 2.75) is 45.5 Å². The lowest BCUT2D eigenvalue weighted by atomic mass is 9.95. The molecule has 0 aliphatic carbocycles. The van der Waals surface area contributed by atoms with Crippen molar-refractivity contribution >= 4 is 45.0 Å². The maximum atomic E-state index is 14.8. The highest BCUT2D eigenvalue weighted by molar-refractivity contribution is 6.38. The van der Waals surface area contributed by atoms with Crippen molar-refractivity contribution in [1.29, 1.82) is 0 Å². The second-order valence-corrected chi connectivity index (χ2v) is 10.7. The molecule has 2 unspecified atom stereocenters. The zero-order chi connectivity index (χ0) is 31.4. The lowest BCUT2D eigenvalue weighted by Crippen LogP contribution is -2.62. The largest absolute Gasteiger partial charge is 0.508 e. The van der Waals surface area contributed by atoms with Crippen LogP contribution in [0.4, 0.5) is 23.4 Å². The Morgan fingerprint density at radius 3 is 2.56 bits per heavy atom. The zero-order valence-corrected chi connectivity index (χ0v) is 24.3. The minimum absolute atomic E-state index is 0.0325. The van der Waals surface area contributed by atoms with Crippen LogP contribution >= 0.6 is 11.6 Å². The molecular weight excluding hydrogens is 590 g/mol. The summed E-state index contributed by atoms with van der Waals surface area (Å²) in [6.45, 7) is 5.02.